The standard InChI is InChI=1S/C14H27NO2S/c1-3-17-14(16)7-5-4-6-10-15-12-8-9-13(11-12)18-2/h12-13,15H,3-11H2,1-2H3. The molecule has 0 heterocycles. The van der Waals surface area contributed by atoms with Crippen molar-refractivity contribution in [2.45, 2.75) is 63.2 Å². The third-order valence-electron chi connectivity index (χ3n) is 3.51. The van der Waals surface area contributed by atoms with E-state index in [2.05, 4.69) is 11.6 Å². The van der Waals surface area contributed by atoms with E-state index in [1.807, 2.05) is 18.7 Å². The number of hydrogen-bond acceptors (Lipinski definition) is 4. The number of thioether (sulfide) groups is 1. The SMILES string of the molecule is CCOC(=O)CCCCCNC1CCC(SC)C1. The van der Waals surface area contributed by atoms with Crippen molar-refractivity contribution in [1.29, 1.82) is 0 Å². The summed E-state index contributed by atoms with van der Waals surface area (Å²) in [6.07, 6.45) is 10.0. The summed E-state index contributed by atoms with van der Waals surface area (Å²) in [6, 6.07) is 0.729. The lowest BCUT2D eigenvalue weighted by Crippen LogP contribution is -2.27. The van der Waals surface area contributed by atoms with E-state index in [0.717, 1.165) is 30.7 Å². The topological polar surface area (TPSA) is 38.3 Å². The van der Waals surface area contributed by atoms with Gasteiger partial charge in [0.25, 0.3) is 0 Å². The Morgan fingerprint density at radius 2 is 2.17 bits per heavy atom. The fourth-order valence-electron chi connectivity index (χ4n) is 2.45. The molecule has 1 N–H and O–H groups in total. The molecule has 0 aliphatic heterocycles. The Morgan fingerprint density at radius 1 is 1.33 bits per heavy atom. The number of esters is 1. The number of ether oxygens (including phenoxy) is 1. The highest BCUT2D eigenvalue weighted by molar-refractivity contribution is 7.99. The van der Waals surface area contributed by atoms with Crippen LogP contribution in [0, 0.1) is 0 Å². The van der Waals surface area contributed by atoms with Crippen molar-refractivity contribution in [2.75, 3.05) is 19.4 Å². The summed E-state index contributed by atoms with van der Waals surface area (Å²) in [6.45, 7) is 3.44. The second kappa shape index (κ2) is 9.68. The minimum Gasteiger partial charge on any atom is -0.466 e. The van der Waals surface area contributed by atoms with E-state index in [1.54, 1.807) is 0 Å². The van der Waals surface area contributed by atoms with Crippen molar-refractivity contribution in [1.82, 2.24) is 5.32 Å². The van der Waals surface area contributed by atoms with Gasteiger partial charge in [0.1, 0.15) is 0 Å². The monoisotopic (exact) mass is 273 g/mol. The zero-order valence-corrected chi connectivity index (χ0v) is 12.6. The second-order valence-corrected chi connectivity index (χ2v) is 6.08. The molecule has 0 bridgehead atoms. The quantitative estimate of drug-likeness (QED) is 0.518. The van der Waals surface area contributed by atoms with Crippen LogP contribution in [0.15, 0.2) is 0 Å². The van der Waals surface area contributed by atoms with Gasteiger partial charge in [0, 0.05) is 17.7 Å². The average molecular weight is 273 g/mol. The number of nitrogens with one attached hydrogen (secondary N) is 1. The lowest BCUT2D eigenvalue weighted by molar-refractivity contribution is -0.143. The van der Waals surface area contributed by atoms with Crippen molar-refractivity contribution in [2.24, 2.45) is 0 Å². The van der Waals surface area contributed by atoms with Gasteiger partial charge in [-0.05, 0) is 51.8 Å². The van der Waals surface area contributed by atoms with E-state index in [4.69, 9.17) is 4.74 Å². The highest BCUT2D eigenvalue weighted by Crippen LogP contribution is 2.27. The largest absolute Gasteiger partial charge is 0.466 e. The Morgan fingerprint density at radius 3 is 2.83 bits per heavy atom. The van der Waals surface area contributed by atoms with Gasteiger partial charge in [0.15, 0.2) is 0 Å². The molecule has 0 aromatic carbocycles. The Hall–Kier alpha value is -0.220. The molecule has 18 heavy (non-hydrogen) atoms. The summed E-state index contributed by atoms with van der Waals surface area (Å²) in [5.74, 6) is -0.0518. The van der Waals surface area contributed by atoms with Gasteiger partial charge in [0.05, 0.1) is 6.61 Å². The van der Waals surface area contributed by atoms with Crippen molar-refractivity contribution < 1.29 is 9.53 Å². The van der Waals surface area contributed by atoms with Gasteiger partial charge in [-0.3, -0.25) is 4.79 Å². The van der Waals surface area contributed by atoms with E-state index < -0.39 is 0 Å². The van der Waals surface area contributed by atoms with Crippen LogP contribution in [0.25, 0.3) is 0 Å². The third kappa shape index (κ3) is 6.64. The van der Waals surface area contributed by atoms with Crippen LogP contribution in [-0.2, 0) is 9.53 Å². The van der Waals surface area contributed by atoms with Gasteiger partial charge in [-0.15, -0.1) is 0 Å². The number of hydrogen-bond donors (Lipinski definition) is 1. The summed E-state index contributed by atoms with van der Waals surface area (Å²) in [7, 11) is 0. The fraction of sp³-hybridized carbons (Fsp3) is 0.929. The third-order valence-corrected chi connectivity index (χ3v) is 4.61. The lowest BCUT2D eigenvalue weighted by Gasteiger charge is -2.12. The van der Waals surface area contributed by atoms with E-state index in [1.165, 1.54) is 25.7 Å². The molecule has 0 aromatic heterocycles. The van der Waals surface area contributed by atoms with Crippen LogP contribution in [0.5, 0.6) is 0 Å². The van der Waals surface area contributed by atoms with E-state index in [9.17, 15) is 4.79 Å². The van der Waals surface area contributed by atoms with Crippen LogP contribution >= 0.6 is 11.8 Å². The minimum atomic E-state index is -0.0518. The van der Waals surface area contributed by atoms with Crippen molar-refractivity contribution in [3.05, 3.63) is 0 Å². The average Bonchev–Trinajstić information content (AvgIpc) is 2.82. The molecule has 0 spiro atoms. The molecular weight excluding hydrogens is 246 g/mol. The van der Waals surface area contributed by atoms with Crippen LogP contribution in [0.2, 0.25) is 0 Å². The number of carbonyl (C=O) groups excluding carboxylic acids is 1. The van der Waals surface area contributed by atoms with Crippen molar-refractivity contribution in [3.8, 4) is 0 Å². The Balaban J connectivity index is 1.88. The lowest BCUT2D eigenvalue weighted by atomic mass is 10.2. The van der Waals surface area contributed by atoms with Gasteiger partial charge in [-0.25, -0.2) is 0 Å². The first kappa shape index (κ1) is 15.8. The fourth-order valence-corrected chi connectivity index (χ4v) is 3.25. The Bertz CT molecular complexity index is 236. The Labute approximate surface area is 115 Å². The molecule has 0 saturated heterocycles. The van der Waals surface area contributed by atoms with Gasteiger partial charge < -0.3 is 10.1 Å². The zero-order chi connectivity index (χ0) is 13.2. The number of unbranched alkanes of at least 4 members (excludes halogenated alkanes) is 2. The Kier molecular flexibility index (Phi) is 8.51. The molecule has 4 heteroatoms. The molecule has 0 radical (unpaired) electrons. The van der Waals surface area contributed by atoms with Gasteiger partial charge in [-0.2, -0.15) is 11.8 Å². The first-order chi connectivity index (χ1) is 8.76. The van der Waals surface area contributed by atoms with Gasteiger partial charge in [-0.1, -0.05) is 6.42 Å². The predicted octanol–water partition coefficient (Wildman–Crippen LogP) is 2.98. The molecule has 3 nitrogen and oxygen atoms in total. The summed E-state index contributed by atoms with van der Waals surface area (Å²) >= 11 is 2.00. The maximum absolute atomic E-state index is 11.1. The van der Waals surface area contributed by atoms with Crippen LogP contribution < -0.4 is 5.32 Å². The first-order valence-corrected chi connectivity index (χ1v) is 8.46. The van der Waals surface area contributed by atoms with Crippen molar-refractivity contribution in [3.63, 3.8) is 0 Å². The molecule has 1 fully saturated rings. The smallest absolute Gasteiger partial charge is 0.305 e. The number of carbonyl (C=O) groups is 1. The minimum absolute atomic E-state index is 0.0518. The summed E-state index contributed by atoms with van der Waals surface area (Å²) in [5.41, 5.74) is 0. The van der Waals surface area contributed by atoms with Crippen LogP contribution in [0.4, 0.5) is 0 Å². The van der Waals surface area contributed by atoms with Crippen molar-refractivity contribution >= 4 is 17.7 Å². The molecule has 2 unspecified atom stereocenters. The first-order valence-electron chi connectivity index (χ1n) is 7.18. The van der Waals surface area contributed by atoms with Gasteiger partial charge >= 0.3 is 5.97 Å². The summed E-state index contributed by atoms with van der Waals surface area (Å²) < 4.78 is 4.90. The maximum Gasteiger partial charge on any atom is 0.305 e. The molecule has 106 valence electrons. The van der Waals surface area contributed by atoms with Crippen LogP contribution in [0.1, 0.15) is 51.9 Å². The molecule has 1 aliphatic carbocycles. The van der Waals surface area contributed by atoms with Crippen LogP contribution in [0.3, 0.4) is 0 Å². The zero-order valence-electron chi connectivity index (χ0n) is 11.7. The molecule has 0 aromatic rings. The van der Waals surface area contributed by atoms with E-state index in [-0.39, 0.29) is 5.97 Å². The van der Waals surface area contributed by atoms with Gasteiger partial charge in [0.2, 0.25) is 0 Å². The molecule has 1 saturated carbocycles. The molecule has 1 aliphatic rings. The predicted molar refractivity (Wildman–Crippen MR) is 78.0 cm³/mol. The molecule has 1 rings (SSSR count). The number of rotatable bonds is 9. The van der Waals surface area contributed by atoms with E-state index >= 15 is 0 Å². The molecule has 0 amide bonds. The highest BCUT2D eigenvalue weighted by Gasteiger charge is 2.22. The second-order valence-electron chi connectivity index (χ2n) is 4.94. The normalized spacial score (nSPS) is 23.2. The molecular formula is C14H27NO2S. The van der Waals surface area contributed by atoms with Crippen LogP contribution in [-0.4, -0.2) is 36.7 Å². The molecule has 2 atom stereocenters. The summed E-state index contributed by atoms with van der Waals surface area (Å²) in [4.78, 5) is 11.1. The highest BCUT2D eigenvalue weighted by atomic mass is 32.2. The maximum atomic E-state index is 11.1. The summed E-state index contributed by atoms with van der Waals surface area (Å²) in [5, 5.41) is 4.50. The van der Waals surface area contributed by atoms with E-state index in [0.29, 0.717) is 13.0 Å².